The van der Waals surface area contributed by atoms with Crippen LogP contribution in [0.1, 0.15) is 13.8 Å². The number of allylic oxidation sites excluding steroid dienone is 1. The van der Waals surface area contributed by atoms with Gasteiger partial charge in [0, 0.05) is 7.05 Å². The van der Waals surface area contributed by atoms with Gasteiger partial charge >= 0.3 is 0 Å². The molecule has 0 saturated carbocycles. The second kappa shape index (κ2) is 4.74. The van der Waals surface area contributed by atoms with Crippen molar-refractivity contribution in [2.24, 2.45) is 5.92 Å². The minimum absolute atomic E-state index is 0.372. The summed E-state index contributed by atoms with van der Waals surface area (Å²) in [6.07, 6.45) is 0. The van der Waals surface area contributed by atoms with Crippen molar-refractivity contribution in [1.82, 2.24) is 5.12 Å². The van der Waals surface area contributed by atoms with Crippen molar-refractivity contribution in [2.75, 3.05) is 12.9 Å². The van der Waals surface area contributed by atoms with Crippen molar-refractivity contribution in [3.63, 3.8) is 0 Å². The Hall–Kier alpha value is -0.0200. The maximum atomic E-state index is 12.1. The van der Waals surface area contributed by atoms with Crippen molar-refractivity contribution in [3.8, 4) is 0 Å². The molecule has 0 amide bonds. The quantitative estimate of drug-likeness (QED) is 0.463. The van der Waals surface area contributed by atoms with E-state index < -0.39 is 0 Å². The zero-order valence-electron chi connectivity index (χ0n) is 6.72. The van der Waals surface area contributed by atoms with Gasteiger partial charge in [-0.25, -0.2) is 0 Å². The molecule has 10 heavy (non-hydrogen) atoms. The van der Waals surface area contributed by atoms with E-state index in [0.29, 0.717) is 16.9 Å². The predicted molar refractivity (Wildman–Crippen MR) is 45.3 cm³/mol. The van der Waals surface area contributed by atoms with Crippen molar-refractivity contribution in [2.45, 2.75) is 13.8 Å². The van der Waals surface area contributed by atoms with Gasteiger partial charge in [-0.1, -0.05) is 20.4 Å². The molecule has 0 N–H and O–H groups in total. The van der Waals surface area contributed by atoms with E-state index in [-0.39, 0.29) is 0 Å². The van der Waals surface area contributed by atoms with Crippen LogP contribution in [0.15, 0.2) is 11.5 Å². The van der Waals surface area contributed by atoms with Crippen LogP contribution in [0.25, 0.3) is 0 Å². The molecule has 0 aromatic rings. The van der Waals surface area contributed by atoms with E-state index >= 15 is 0 Å². The van der Waals surface area contributed by atoms with Crippen molar-refractivity contribution < 1.29 is 4.48 Å². The molecule has 0 aromatic heterocycles. The molecule has 0 bridgehead atoms. The number of hydrogen-bond acceptors (Lipinski definition) is 2. The van der Waals surface area contributed by atoms with Crippen LogP contribution in [0.2, 0.25) is 0 Å². The van der Waals surface area contributed by atoms with Gasteiger partial charge in [0.1, 0.15) is 0 Å². The summed E-state index contributed by atoms with van der Waals surface area (Å²) < 4.78 is 12.1. The average Bonchev–Trinajstić information content (AvgIpc) is 1.82. The number of halogens is 1. The summed E-state index contributed by atoms with van der Waals surface area (Å²) in [4.78, 5) is 1.03. The van der Waals surface area contributed by atoms with E-state index in [2.05, 4.69) is 6.58 Å². The molecule has 3 heteroatoms. The first-order chi connectivity index (χ1) is 4.54. The van der Waals surface area contributed by atoms with Gasteiger partial charge < -0.3 is 0 Å². The molecule has 0 rings (SSSR count). The first-order valence-corrected chi connectivity index (χ1v) is 4.21. The largest absolute Gasteiger partial charge is 0.139 e. The maximum absolute atomic E-state index is 12.1. The molecule has 0 atom stereocenters. The molecular weight excluding hydrogens is 149 g/mol. The van der Waals surface area contributed by atoms with Crippen LogP contribution in [0.3, 0.4) is 0 Å². The third kappa shape index (κ3) is 4.82. The Morgan fingerprint density at radius 2 is 2.20 bits per heavy atom. The Labute approximate surface area is 66.2 Å². The number of hydrogen-bond donors (Lipinski definition) is 0. The summed E-state index contributed by atoms with van der Waals surface area (Å²) in [6.45, 7) is 7.89. The topological polar surface area (TPSA) is 3.24 Å². The molecule has 0 aliphatic rings. The Kier molecular flexibility index (Phi) is 4.73. The van der Waals surface area contributed by atoms with Crippen LogP contribution < -0.4 is 0 Å². The minimum Gasteiger partial charge on any atom is -0.139 e. The van der Waals surface area contributed by atoms with Crippen LogP contribution in [0.4, 0.5) is 4.48 Å². The van der Waals surface area contributed by atoms with Crippen molar-refractivity contribution in [3.05, 3.63) is 11.5 Å². The fourth-order valence-electron chi connectivity index (χ4n) is 0.339. The van der Waals surface area contributed by atoms with Crippen LogP contribution in [-0.4, -0.2) is 18.0 Å². The zero-order chi connectivity index (χ0) is 8.15. The number of nitrogens with zero attached hydrogens (tertiary/aromatic N) is 1. The third-order valence-electron chi connectivity index (χ3n) is 1.07. The van der Waals surface area contributed by atoms with Gasteiger partial charge in [0.25, 0.3) is 0 Å². The fourth-order valence-corrected chi connectivity index (χ4v) is 1.02. The lowest BCUT2D eigenvalue weighted by molar-refractivity contribution is 0.0885. The lowest BCUT2D eigenvalue weighted by Crippen LogP contribution is -2.05. The summed E-state index contributed by atoms with van der Waals surface area (Å²) in [7, 11) is 1.40. The summed E-state index contributed by atoms with van der Waals surface area (Å²) in [5.41, 5.74) is 0. The molecule has 0 heterocycles. The van der Waals surface area contributed by atoms with E-state index in [0.717, 1.165) is 4.91 Å². The first-order valence-electron chi connectivity index (χ1n) is 3.22. The summed E-state index contributed by atoms with van der Waals surface area (Å²) in [5.74, 6) is 0.807. The molecule has 0 unspecified atom stereocenters. The fraction of sp³-hybridized carbons (Fsp3) is 0.714. The normalized spacial score (nSPS) is 11.0. The SMILES string of the molecule is C=C(SCN(C)F)C(C)C. The van der Waals surface area contributed by atoms with E-state index in [1.165, 1.54) is 18.8 Å². The Bertz CT molecular complexity index is 112. The monoisotopic (exact) mass is 163 g/mol. The smallest absolute Gasteiger partial charge is 0.0787 e. The summed E-state index contributed by atoms with van der Waals surface area (Å²) >= 11 is 1.45. The van der Waals surface area contributed by atoms with Crippen molar-refractivity contribution >= 4 is 11.8 Å². The standard InChI is InChI=1S/C7H14FNS/c1-6(2)7(3)10-5-9(4)8/h6H,3,5H2,1-2,4H3. The van der Waals surface area contributed by atoms with E-state index in [4.69, 9.17) is 0 Å². The minimum atomic E-state index is 0.372. The van der Waals surface area contributed by atoms with E-state index in [9.17, 15) is 4.48 Å². The van der Waals surface area contributed by atoms with Crippen LogP contribution >= 0.6 is 11.8 Å². The van der Waals surface area contributed by atoms with Gasteiger partial charge in [0.2, 0.25) is 0 Å². The molecule has 0 aromatic carbocycles. The van der Waals surface area contributed by atoms with Gasteiger partial charge in [-0.15, -0.1) is 21.4 Å². The van der Waals surface area contributed by atoms with Crippen LogP contribution in [-0.2, 0) is 0 Å². The lowest BCUT2D eigenvalue weighted by atomic mass is 10.2. The molecule has 0 saturated heterocycles. The Morgan fingerprint density at radius 3 is 2.50 bits per heavy atom. The van der Waals surface area contributed by atoms with Crippen molar-refractivity contribution in [1.29, 1.82) is 0 Å². The molecule has 0 spiro atoms. The molecule has 1 nitrogen and oxygen atoms in total. The van der Waals surface area contributed by atoms with Crippen LogP contribution in [0, 0.1) is 5.92 Å². The third-order valence-corrected chi connectivity index (χ3v) is 2.40. The molecule has 0 fully saturated rings. The van der Waals surface area contributed by atoms with Gasteiger partial charge in [0.05, 0.1) is 5.88 Å². The second-order valence-electron chi connectivity index (χ2n) is 2.50. The molecule has 0 aliphatic heterocycles. The van der Waals surface area contributed by atoms with E-state index in [1.54, 1.807) is 0 Å². The maximum Gasteiger partial charge on any atom is 0.0787 e. The Morgan fingerprint density at radius 1 is 1.70 bits per heavy atom. The highest BCUT2D eigenvalue weighted by molar-refractivity contribution is 8.03. The number of rotatable bonds is 4. The second-order valence-corrected chi connectivity index (χ2v) is 3.57. The van der Waals surface area contributed by atoms with Gasteiger partial charge in [-0.05, 0) is 10.8 Å². The highest BCUT2D eigenvalue weighted by Gasteiger charge is 2.01. The van der Waals surface area contributed by atoms with Gasteiger partial charge in [0.15, 0.2) is 0 Å². The first kappa shape index (κ1) is 9.98. The van der Waals surface area contributed by atoms with Gasteiger partial charge in [-0.3, -0.25) is 0 Å². The highest BCUT2D eigenvalue weighted by Crippen LogP contribution is 2.21. The lowest BCUT2D eigenvalue weighted by Gasteiger charge is -2.09. The predicted octanol–water partition coefficient (Wildman–Crippen LogP) is 2.66. The Balaban J connectivity index is 3.40. The number of thioether (sulfide) groups is 1. The molecular formula is C7H14FNS. The summed E-state index contributed by atoms with van der Waals surface area (Å²) in [5, 5.41) is 0.651. The zero-order valence-corrected chi connectivity index (χ0v) is 7.54. The van der Waals surface area contributed by atoms with E-state index in [1.807, 2.05) is 13.8 Å². The molecule has 0 aliphatic carbocycles. The average molecular weight is 163 g/mol. The molecule has 60 valence electrons. The van der Waals surface area contributed by atoms with Gasteiger partial charge in [-0.2, -0.15) is 0 Å². The van der Waals surface area contributed by atoms with Crippen LogP contribution in [0.5, 0.6) is 0 Å². The molecule has 0 radical (unpaired) electrons. The summed E-state index contributed by atoms with van der Waals surface area (Å²) in [6, 6.07) is 0. The highest BCUT2D eigenvalue weighted by atomic mass is 32.2.